The molecule has 1 aliphatic heterocycles. The van der Waals surface area contributed by atoms with E-state index < -0.39 is 0 Å². The Morgan fingerprint density at radius 1 is 1.44 bits per heavy atom. The van der Waals surface area contributed by atoms with Gasteiger partial charge in [-0.05, 0) is 45.4 Å². The summed E-state index contributed by atoms with van der Waals surface area (Å²) in [4.78, 5) is 2.36. The van der Waals surface area contributed by atoms with Crippen LogP contribution in [0.3, 0.4) is 0 Å². The van der Waals surface area contributed by atoms with Gasteiger partial charge >= 0.3 is 0 Å². The van der Waals surface area contributed by atoms with E-state index in [0.717, 1.165) is 16.6 Å². The lowest BCUT2D eigenvalue weighted by atomic mass is 10.0. The lowest BCUT2D eigenvalue weighted by Crippen LogP contribution is -2.37. The van der Waals surface area contributed by atoms with Gasteiger partial charge in [-0.25, -0.2) is 4.39 Å². The lowest BCUT2D eigenvalue weighted by molar-refractivity contribution is 0.164. The molecule has 2 rings (SSSR count). The Bertz CT molecular complexity index is 390. The Labute approximate surface area is 105 Å². The molecule has 0 aromatic heterocycles. The molecule has 0 saturated carbocycles. The zero-order valence-electron chi connectivity index (χ0n) is 9.76. The lowest BCUT2D eigenvalue weighted by Gasteiger charge is -2.31. The molecule has 0 unspecified atom stereocenters. The van der Waals surface area contributed by atoms with Gasteiger partial charge in [-0.1, -0.05) is 22.0 Å². The summed E-state index contributed by atoms with van der Waals surface area (Å²) >= 11 is 3.28. The SMILES string of the molecule is CC1(C)CCCN1Cc1ccc(Br)cc1F. The van der Waals surface area contributed by atoms with Crippen molar-refractivity contribution in [1.82, 2.24) is 4.90 Å². The van der Waals surface area contributed by atoms with Gasteiger partial charge in [0.05, 0.1) is 0 Å². The summed E-state index contributed by atoms with van der Waals surface area (Å²) < 4.78 is 14.5. The quantitative estimate of drug-likeness (QED) is 0.795. The zero-order valence-corrected chi connectivity index (χ0v) is 11.3. The van der Waals surface area contributed by atoms with Gasteiger partial charge in [-0.2, -0.15) is 0 Å². The average Bonchev–Trinajstić information content (AvgIpc) is 2.50. The van der Waals surface area contributed by atoms with Crippen molar-refractivity contribution in [1.29, 1.82) is 0 Å². The molecule has 0 aliphatic carbocycles. The summed E-state index contributed by atoms with van der Waals surface area (Å²) in [7, 11) is 0. The number of hydrogen-bond donors (Lipinski definition) is 0. The Balaban J connectivity index is 2.15. The molecule has 16 heavy (non-hydrogen) atoms. The van der Waals surface area contributed by atoms with E-state index in [-0.39, 0.29) is 11.4 Å². The van der Waals surface area contributed by atoms with E-state index in [4.69, 9.17) is 0 Å². The normalized spacial score (nSPS) is 20.2. The van der Waals surface area contributed by atoms with Crippen LogP contribution in [0.5, 0.6) is 0 Å². The molecule has 0 radical (unpaired) electrons. The van der Waals surface area contributed by atoms with Gasteiger partial charge in [-0.15, -0.1) is 0 Å². The van der Waals surface area contributed by atoms with Crippen LogP contribution < -0.4 is 0 Å². The zero-order chi connectivity index (χ0) is 11.8. The molecule has 1 aromatic rings. The number of nitrogens with zero attached hydrogens (tertiary/aromatic N) is 1. The molecule has 1 nitrogen and oxygen atoms in total. The number of benzene rings is 1. The van der Waals surface area contributed by atoms with Crippen molar-refractivity contribution in [2.75, 3.05) is 6.54 Å². The van der Waals surface area contributed by atoms with Crippen LogP contribution in [0.2, 0.25) is 0 Å². The summed E-state index contributed by atoms with van der Waals surface area (Å²) in [6.45, 7) is 6.25. The second-order valence-electron chi connectivity index (χ2n) is 5.07. The minimum Gasteiger partial charge on any atom is -0.294 e. The molecular weight excluding hydrogens is 269 g/mol. The maximum absolute atomic E-state index is 13.7. The third kappa shape index (κ3) is 2.46. The maximum Gasteiger partial charge on any atom is 0.128 e. The van der Waals surface area contributed by atoms with E-state index >= 15 is 0 Å². The highest BCUT2D eigenvalue weighted by atomic mass is 79.9. The highest BCUT2D eigenvalue weighted by Gasteiger charge is 2.31. The van der Waals surface area contributed by atoms with Crippen LogP contribution in [-0.4, -0.2) is 17.0 Å². The summed E-state index contributed by atoms with van der Waals surface area (Å²) in [5, 5.41) is 0. The maximum atomic E-state index is 13.7. The van der Waals surface area contributed by atoms with Crippen molar-refractivity contribution >= 4 is 15.9 Å². The molecule has 1 fully saturated rings. The van der Waals surface area contributed by atoms with E-state index in [1.165, 1.54) is 12.8 Å². The van der Waals surface area contributed by atoms with E-state index in [0.29, 0.717) is 6.54 Å². The number of hydrogen-bond acceptors (Lipinski definition) is 1. The van der Waals surface area contributed by atoms with Crippen LogP contribution >= 0.6 is 15.9 Å². The molecule has 0 N–H and O–H groups in total. The minimum atomic E-state index is -0.114. The van der Waals surface area contributed by atoms with Crippen molar-refractivity contribution in [2.45, 2.75) is 38.8 Å². The van der Waals surface area contributed by atoms with Crippen LogP contribution in [0.25, 0.3) is 0 Å². The number of rotatable bonds is 2. The van der Waals surface area contributed by atoms with E-state index in [2.05, 4.69) is 34.7 Å². The molecule has 0 bridgehead atoms. The van der Waals surface area contributed by atoms with Crippen molar-refractivity contribution in [3.63, 3.8) is 0 Å². The van der Waals surface area contributed by atoms with Crippen molar-refractivity contribution in [2.24, 2.45) is 0 Å². The molecule has 1 aliphatic rings. The standard InChI is InChI=1S/C13H17BrFN/c1-13(2)6-3-7-16(13)9-10-4-5-11(14)8-12(10)15/h4-5,8H,3,6-7,9H2,1-2H3. The fourth-order valence-electron chi connectivity index (χ4n) is 2.31. The summed E-state index contributed by atoms with van der Waals surface area (Å²) in [5.74, 6) is -0.114. The molecular formula is C13H17BrFN. The van der Waals surface area contributed by atoms with Crippen molar-refractivity contribution in [3.8, 4) is 0 Å². The van der Waals surface area contributed by atoms with Crippen LogP contribution in [0.1, 0.15) is 32.3 Å². The largest absolute Gasteiger partial charge is 0.294 e. The predicted octanol–water partition coefficient (Wildman–Crippen LogP) is 3.96. The Morgan fingerprint density at radius 3 is 2.75 bits per heavy atom. The molecule has 0 spiro atoms. The Morgan fingerprint density at radius 2 is 2.19 bits per heavy atom. The van der Waals surface area contributed by atoms with Gasteiger partial charge in [0.25, 0.3) is 0 Å². The molecule has 3 heteroatoms. The first-order valence-corrected chi connectivity index (χ1v) is 6.47. The number of halogens is 2. The van der Waals surface area contributed by atoms with Crippen LogP contribution in [-0.2, 0) is 6.54 Å². The first-order valence-electron chi connectivity index (χ1n) is 5.68. The highest BCUT2D eigenvalue weighted by molar-refractivity contribution is 9.10. The summed E-state index contributed by atoms with van der Waals surface area (Å²) in [6, 6.07) is 5.31. The third-order valence-corrected chi connectivity index (χ3v) is 3.94. The topological polar surface area (TPSA) is 3.24 Å². The Kier molecular flexibility index (Phi) is 3.36. The van der Waals surface area contributed by atoms with E-state index in [1.54, 1.807) is 6.07 Å². The van der Waals surface area contributed by atoms with Crippen molar-refractivity contribution in [3.05, 3.63) is 34.1 Å². The van der Waals surface area contributed by atoms with Gasteiger partial charge < -0.3 is 0 Å². The van der Waals surface area contributed by atoms with Gasteiger partial charge in [0.2, 0.25) is 0 Å². The van der Waals surface area contributed by atoms with Crippen molar-refractivity contribution < 1.29 is 4.39 Å². The minimum absolute atomic E-state index is 0.114. The predicted molar refractivity (Wildman–Crippen MR) is 67.8 cm³/mol. The van der Waals surface area contributed by atoms with Gasteiger partial charge in [0.15, 0.2) is 0 Å². The average molecular weight is 286 g/mol. The smallest absolute Gasteiger partial charge is 0.128 e. The Hall–Kier alpha value is -0.410. The summed E-state index contributed by atoms with van der Waals surface area (Å²) in [5.41, 5.74) is 0.998. The van der Waals surface area contributed by atoms with Crippen LogP contribution in [0.4, 0.5) is 4.39 Å². The first kappa shape index (κ1) is 12.1. The highest BCUT2D eigenvalue weighted by Crippen LogP contribution is 2.30. The monoisotopic (exact) mass is 285 g/mol. The van der Waals surface area contributed by atoms with Gasteiger partial charge in [0.1, 0.15) is 5.82 Å². The van der Waals surface area contributed by atoms with Crippen LogP contribution in [0, 0.1) is 5.82 Å². The molecule has 1 heterocycles. The second kappa shape index (κ2) is 4.46. The van der Waals surface area contributed by atoms with E-state index in [9.17, 15) is 4.39 Å². The first-order chi connectivity index (χ1) is 7.49. The molecule has 0 amide bonds. The fraction of sp³-hybridized carbons (Fsp3) is 0.538. The molecule has 1 saturated heterocycles. The molecule has 1 aromatic carbocycles. The number of likely N-dealkylation sites (tertiary alicyclic amines) is 1. The van der Waals surface area contributed by atoms with Gasteiger partial charge in [-0.3, -0.25) is 4.90 Å². The third-order valence-electron chi connectivity index (χ3n) is 3.45. The fourth-order valence-corrected chi connectivity index (χ4v) is 2.65. The molecule has 88 valence electrons. The summed E-state index contributed by atoms with van der Waals surface area (Å²) in [6.07, 6.45) is 2.41. The second-order valence-corrected chi connectivity index (χ2v) is 5.99. The van der Waals surface area contributed by atoms with Crippen LogP contribution in [0.15, 0.2) is 22.7 Å². The van der Waals surface area contributed by atoms with E-state index in [1.807, 2.05) is 12.1 Å². The van der Waals surface area contributed by atoms with Gasteiger partial charge in [0, 0.05) is 22.1 Å². The molecule has 0 atom stereocenters.